The lowest BCUT2D eigenvalue weighted by atomic mass is 10.1. The SMILES string of the molecule is COc1cc2nc(/C=C/c3ccc(C)cc3)[nH]c2cc1OC. The first-order valence-electron chi connectivity index (χ1n) is 7.06. The van der Waals surface area contributed by atoms with Gasteiger partial charge in [0.1, 0.15) is 5.82 Å². The molecule has 0 atom stereocenters. The Morgan fingerprint density at radius 2 is 1.64 bits per heavy atom. The summed E-state index contributed by atoms with van der Waals surface area (Å²) in [6.07, 6.45) is 4.00. The van der Waals surface area contributed by atoms with Gasteiger partial charge >= 0.3 is 0 Å². The minimum atomic E-state index is 0.676. The minimum Gasteiger partial charge on any atom is -0.493 e. The number of aryl methyl sites for hydroxylation is 1. The van der Waals surface area contributed by atoms with Crippen molar-refractivity contribution in [3.8, 4) is 11.5 Å². The zero-order valence-electron chi connectivity index (χ0n) is 12.9. The third kappa shape index (κ3) is 2.81. The maximum absolute atomic E-state index is 5.30. The van der Waals surface area contributed by atoms with Crippen LogP contribution in [-0.4, -0.2) is 24.2 Å². The van der Waals surface area contributed by atoms with Crippen molar-refractivity contribution in [1.29, 1.82) is 0 Å². The normalized spacial score (nSPS) is 11.2. The third-order valence-electron chi connectivity index (χ3n) is 3.52. The molecule has 0 aliphatic rings. The van der Waals surface area contributed by atoms with Crippen molar-refractivity contribution in [2.24, 2.45) is 0 Å². The quantitative estimate of drug-likeness (QED) is 0.789. The minimum absolute atomic E-state index is 0.676. The highest BCUT2D eigenvalue weighted by Gasteiger charge is 2.08. The molecule has 22 heavy (non-hydrogen) atoms. The predicted molar refractivity (Wildman–Crippen MR) is 89.3 cm³/mol. The van der Waals surface area contributed by atoms with E-state index in [2.05, 4.69) is 41.2 Å². The van der Waals surface area contributed by atoms with Gasteiger partial charge in [0.15, 0.2) is 11.5 Å². The van der Waals surface area contributed by atoms with Crippen LogP contribution in [0.4, 0.5) is 0 Å². The van der Waals surface area contributed by atoms with E-state index in [9.17, 15) is 0 Å². The van der Waals surface area contributed by atoms with E-state index in [1.54, 1.807) is 14.2 Å². The maximum Gasteiger partial charge on any atom is 0.163 e. The summed E-state index contributed by atoms with van der Waals surface area (Å²) >= 11 is 0. The van der Waals surface area contributed by atoms with Gasteiger partial charge < -0.3 is 14.5 Å². The second-order valence-corrected chi connectivity index (χ2v) is 5.09. The number of ether oxygens (including phenoxy) is 2. The van der Waals surface area contributed by atoms with Gasteiger partial charge in [-0.2, -0.15) is 0 Å². The molecule has 3 rings (SSSR count). The van der Waals surface area contributed by atoms with E-state index in [-0.39, 0.29) is 0 Å². The molecule has 1 aromatic heterocycles. The Bertz CT molecular complexity index is 776. The largest absolute Gasteiger partial charge is 0.493 e. The molecule has 1 heterocycles. The molecular weight excluding hydrogens is 276 g/mol. The number of imidazole rings is 1. The summed E-state index contributed by atoms with van der Waals surface area (Å²) in [5.74, 6) is 2.16. The van der Waals surface area contributed by atoms with Crippen LogP contribution in [0.15, 0.2) is 36.4 Å². The average molecular weight is 294 g/mol. The molecule has 0 radical (unpaired) electrons. The van der Waals surface area contributed by atoms with Gasteiger partial charge in [-0.3, -0.25) is 0 Å². The van der Waals surface area contributed by atoms with Gasteiger partial charge in [0, 0.05) is 12.1 Å². The second kappa shape index (κ2) is 5.93. The van der Waals surface area contributed by atoms with Crippen molar-refractivity contribution >= 4 is 23.2 Å². The molecular formula is C18H18N2O2. The molecule has 0 aliphatic heterocycles. The Morgan fingerprint density at radius 3 is 2.32 bits per heavy atom. The number of aromatic nitrogens is 2. The predicted octanol–water partition coefficient (Wildman–Crippen LogP) is 4.06. The summed E-state index contributed by atoms with van der Waals surface area (Å²) in [5, 5.41) is 0. The average Bonchev–Trinajstić information content (AvgIpc) is 2.94. The first kappa shape index (κ1) is 14.2. The van der Waals surface area contributed by atoms with E-state index in [4.69, 9.17) is 9.47 Å². The lowest BCUT2D eigenvalue weighted by Gasteiger charge is -2.06. The van der Waals surface area contributed by atoms with Crippen molar-refractivity contribution in [3.63, 3.8) is 0 Å². The van der Waals surface area contributed by atoms with Crippen LogP contribution in [0, 0.1) is 6.92 Å². The van der Waals surface area contributed by atoms with Crippen LogP contribution in [0.2, 0.25) is 0 Å². The summed E-state index contributed by atoms with van der Waals surface area (Å²) in [6.45, 7) is 2.08. The summed E-state index contributed by atoms with van der Waals surface area (Å²) in [7, 11) is 3.24. The van der Waals surface area contributed by atoms with Gasteiger partial charge in [-0.15, -0.1) is 0 Å². The standard InChI is InChI=1S/C18H18N2O2/c1-12-4-6-13(7-5-12)8-9-18-19-14-10-16(21-2)17(22-3)11-15(14)20-18/h4-11H,1-3H3,(H,19,20)/b9-8+. The molecule has 3 aromatic rings. The lowest BCUT2D eigenvalue weighted by Crippen LogP contribution is -1.89. The van der Waals surface area contributed by atoms with Gasteiger partial charge in [0.05, 0.1) is 25.3 Å². The fraction of sp³-hybridized carbons (Fsp3) is 0.167. The molecule has 2 aromatic carbocycles. The molecule has 0 spiro atoms. The molecule has 0 amide bonds. The molecule has 0 fully saturated rings. The molecule has 0 aliphatic carbocycles. The molecule has 0 bridgehead atoms. The molecule has 112 valence electrons. The van der Waals surface area contributed by atoms with E-state index in [0.717, 1.165) is 22.4 Å². The van der Waals surface area contributed by atoms with Crippen molar-refractivity contribution in [2.45, 2.75) is 6.92 Å². The van der Waals surface area contributed by atoms with Crippen LogP contribution in [0.3, 0.4) is 0 Å². The second-order valence-electron chi connectivity index (χ2n) is 5.09. The zero-order valence-corrected chi connectivity index (χ0v) is 12.9. The summed E-state index contributed by atoms with van der Waals surface area (Å²) in [4.78, 5) is 7.82. The number of aromatic amines is 1. The monoisotopic (exact) mass is 294 g/mol. The van der Waals surface area contributed by atoms with Crippen LogP contribution in [-0.2, 0) is 0 Å². The van der Waals surface area contributed by atoms with Crippen molar-refractivity contribution in [1.82, 2.24) is 9.97 Å². The Balaban J connectivity index is 1.93. The molecule has 0 saturated heterocycles. The molecule has 0 unspecified atom stereocenters. The lowest BCUT2D eigenvalue weighted by molar-refractivity contribution is 0.356. The van der Waals surface area contributed by atoms with Crippen LogP contribution in [0.1, 0.15) is 17.0 Å². The Hall–Kier alpha value is -2.75. The zero-order chi connectivity index (χ0) is 15.5. The summed E-state index contributed by atoms with van der Waals surface area (Å²) < 4.78 is 10.6. The van der Waals surface area contributed by atoms with Gasteiger partial charge in [-0.05, 0) is 18.6 Å². The van der Waals surface area contributed by atoms with Gasteiger partial charge in [-0.1, -0.05) is 35.9 Å². The topological polar surface area (TPSA) is 47.1 Å². The number of nitrogens with zero attached hydrogens (tertiary/aromatic N) is 1. The van der Waals surface area contributed by atoms with Gasteiger partial charge in [0.2, 0.25) is 0 Å². The smallest absolute Gasteiger partial charge is 0.163 e. The molecule has 4 nitrogen and oxygen atoms in total. The number of rotatable bonds is 4. The molecule has 4 heteroatoms. The Morgan fingerprint density at radius 1 is 0.955 bits per heavy atom. The van der Waals surface area contributed by atoms with E-state index in [0.29, 0.717) is 11.5 Å². The first-order valence-corrected chi connectivity index (χ1v) is 7.06. The van der Waals surface area contributed by atoms with Crippen LogP contribution >= 0.6 is 0 Å². The van der Waals surface area contributed by atoms with Crippen molar-refractivity contribution in [3.05, 3.63) is 53.3 Å². The number of benzene rings is 2. The number of hydrogen-bond acceptors (Lipinski definition) is 3. The fourth-order valence-electron chi connectivity index (χ4n) is 2.29. The van der Waals surface area contributed by atoms with E-state index in [1.807, 2.05) is 24.3 Å². The highest BCUT2D eigenvalue weighted by molar-refractivity contribution is 5.82. The fourth-order valence-corrected chi connectivity index (χ4v) is 2.29. The number of nitrogens with one attached hydrogen (secondary N) is 1. The van der Waals surface area contributed by atoms with E-state index in [1.165, 1.54) is 5.56 Å². The van der Waals surface area contributed by atoms with Gasteiger partial charge in [0.25, 0.3) is 0 Å². The Kier molecular flexibility index (Phi) is 3.83. The van der Waals surface area contributed by atoms with Crippen LogP contribution < -0.4 is 9.47 Å². The highest BCUT2D eigenvalue weighted by atomic mass is 16.5. The van der Waals surface area contributed by atoms with Crippen LogP contribution in [0.25, 0.3) is 23.2 Å². The first-order chi connectivity index (χ1) is 10.7. The number of fused-ring (bicyclic) bond motifs is 1. The maximum atomic E-state index is 5.30. The number of methoxy groups -OCH3 is 2. The summed E-state index contributed by atoms with van der Waals surface area (Å²) in [6, 6.07) is 12.1. The Labute approximate surface area is 129 Å². The van der Waals surface area contributed by atoms with E-state index < -0.39 is 0 Å². The van der Waals surface area contributed by atoms with Crippen molar-refractivity contribution in [2.75, 3.05) is 14.2 Å². The number of hydrogen-bond donors (Lipinski definition) is 1. The van der Waals surface area contributed by atoms with E-state index >= 15 is 0 Å². The molecule has 0 saturated carbocycles. The van der Waals surface area contributed by atoms with Crippen LogP contribution in [0.5, 0.6) is 11.5 Å². The molecule has 1 N–H and O–H groups in total. The number of H-pyrrole nitrogens is 1. The van der Waals surface area contributed by atoms with Gasteiger partial charge in [-0.25, -0.2) is 4.98 Å². The van der Waals surface area contributed by atoms with Crippen molar-refractivity contribution < 1.29 is 9.47 Å². The highest BCUT2D eigenvalue weighted by Crippen LogP contribution is 2.31. The summed E-state index contributed by atoms with van der Waals surface area (Å²) in [5.41, 5.74) is 4.16. The third-order valence-corrected chi connectivity index (χ3v) is 3.52.